The van der Waals surface area contributed by atoms with Gasteiger partial charge >= 0.3 is 0 Å². The predicted molar refractivity (Wildman–Crippen MR) is 135 cm³/mol. The molecular weight excluding hydrogens is 408 g/mol. The first-order chi connectivity index (χ1) is 16.1. The molecule has 33 heavy (non-hydrogen) atoms. The summed E-state index contributed by atoms with van der Waals surface area (Å²) in [6.45, 7) is 8.65. The van der Waals surface area contributed by atoms with E-state index in [0.717, 1.165) is 43.1 Å². The maximum Gasteiger partial charge on any atom is 0.259 e. The van der Waals surface area contributed by atoms with E-state index in [2.05, 4.69) is 54.0 Å². The normalized spacial score (nSPS) is 22.7. The van der Waals surface area contributed by atoms with Gasteiger partial charge in [0.15, 0.2) is 0 Å². The van der Waals surface area contributed by atoms with Crippen molar-refractivity contribution in [3.63, 3.8) is 0 Å². The van der Waals surface area contributed by atoms with E-state index in [9.17, 15) is 4.79 Å². The number of anilines is 1. The maximum absolute atomic E-state index is 13.6. The Labute approximate surface area is 198 Å². The summed E-state index contributed by atoms with van der Waals surface area (Å²) in [5.74, 6) is 0.941. The summed E-state index contributed by atoms with van der Waals surface area (Å²) >= 11 is 0. The number of carbonyl (C=O) groups is 1. The number of carbonyl (C=O) groups excluding carboxylic acids is 1. The van der Waals surface area contributed by atoms with E-state index >= 15 is 0 Å². The van der Waals surface area contributed by atoms with Gasteiger partial charge in [-0.25, -0.2) is 9.89 Å². The van der Waals surface area contributed by atoms with Gasteiger partial charge in [0, 0.05) is 25.6 Å². The molecule has 2 saturated heterocycles. The predicted octanol–water partition coefficient (Wildman–Crippen LogP) is 4.57. The minimum absolute atomic E-state index is 0.0928. The molecule has 0 saturated carbocycles. The van der Waals surface area contributed by atoms with Crippen LogP contribution in [0.15, 0.2) is 53.5 Å². The smallest absolute Gasteiger partial charge is 0.259 e. The fourth-order valence-electron chi connectivity index (χ4n) is 5.52. The van der Waals surface area contributed by atoms with Crippen molar-refractivity contribution >= 4 is 17.6 Å². The van der Waals surface area contributed by atoms with Crippen LogP contribution in [0.2, 0.25) is 0 Å². The van der Waals surface area contributed by atoms with E-state index in [4.69, 9.17) is 4.99 Å². The summed E-state index contributed by atoms with van der Waals surface area (Å²) in [4.78, 5) is 25.6. The number of amides is 1. The molecule has 0 radical (unpaired) electrons. The number of benzene rings is 2. The Morgan fingerprint density at radius 3 is 2.30 bits per heavy atom. The minimum atomic E-state index is -0.358. The Morgan fingerprint density at radius 2 is 1.61 bits per heavy atom. The molecule has 2 aromatic rings. The summed E-state index contributed by atoms with van der Waals surface area (Å²) < 4.78 is 0. The second-order valence-electron chi connectivity index (χ2n) is 9.89. The third-order valence-corrected chi connectivity index (χ3v) is 7.65. The molecule has 1 unspecified atom stereocenters. The van der Waals surface area contributed by atoms with Gasteiger partial charge in [0.1, 0.15) is 6.04 Å². The lowest BCUT2D eigenvalue weighted by atomic mass is 10.00. The quantitative estimate of drug-likeness (QED) is 0.694. The molecule has 174 valence electrons. The highest BCUT2D eigenvalue weighted by atomic mass is 16.2. The average molecular weight is 445 g/mol. The van der Waals surface area contributed by atoms with Gasteiger partial charge in [-0.1, -0.05) is 42.8 Å². The number of aliphatic imine (C=N–C) groups is 1. The molecule has 2 aromatic carbocycles. The second-order valence-corrected chi connectivity index (χ2v) is 9.89. The SMILES string of the molecule is Cc1ccc(N2C(=O)C(Cc3ccccc3)N=C2N2CCC(N3CCCCC3)CC2)cc1C. The minimum Gasteiger partial charge on any atom is -0.342 e. The monoisotopic (exact) mass is 444 g/mol. The lowest BCUT2D eigenvalue weighted by molar-refractivity contribution is -0.118. The molecule has 0 bridgehead atoms. The van der Waals surface area contributed by atoms with Crippen molar-refractivity contribution in [3.8, 4) is 0 Å². The number of hydrogen-bond acceptors (Lipinski definition) is 4. The van der Waals surface area contributed by atoms with Crippen molar-refractivity contribution in [2.24, 2.45) is 4.99 Å². The Kier molecular flexibility index (Phi) is 6.50. The van der Waals surface area contributed by atoms with Crippen LogP contribution in [0.1, 0.15) is 48.8 Å². The zero-order valence-electron chi connectivity index (χ0n) is 20.0. The van der Waals surface area contributed by atoms with Crippen LogP contribution in [0.4, 0.5) is 5.69 Å². The summed E-state index contributed by atoms with van der Waals surface area (Å²) in [6, 6.07) is 16.9. The van der Waals surface area contributed by atoms with Gasteiger partial charge in [0.2, 0.25) is 5.96 Å². The van der Waals surface area contributed by atoms with Crippen molar-refractivity contribution in [1.29, 1.82) is 0 Å². The molecule has 3 aliphatic heterocycles. The van der Waals surface area contributed by atoms with E-state index in [0.29, 0.717) is 12.5 Å². The molecule has 1 atom stereocenters. The van der Waals surface area contributed by atoms with Gasteiger partial charge in [-0.05, 0) is 81.4 Å². The molecule has 1 amide bonds. The molecule has 5 heteroatoms. The Balaban J connectivity index is 1.38. The lowest BCUT2D eigenvalue weighted by Gasteiger charge is -2.41. The first-order valence-corrected chi connectivity index (χ1v) is 12.6. The van der Waals surface area contributed by atoms with Crippen LogP contribution in [-0.2, 0) is 11.2 Å². The molecule has 0 aromatic heterocycles. The Morgan fingerprint density at radius 1 is 0.879 bits per heavy atom. The molecule has 5 rings (SSSR count). The maximum atomic E-state index is 13.6. The molecule has 0 spiro atoms. The molecule has 2 fully saturated rings. The second kappa shape index (κ2) is 9.68. The number of guanidine groups is 1. The van der Waals surface area contributed by atoms with E-state index in [1.54, 1.807) is 0 Å². The van der Waals surface area contributed by atoms with Crippen molar-refractivity contribution in [1.82, 2.24) is 9.80 Å². The third-order valence-electron chi connectivity index (χ3n) is 7.65. The van der Waals surface area contributed by atoms with Crippen molar-refractivity contribution < 1.29 is 4.79 Å². The van der Waals surface area contributed by atoms with Crippen LogP contribution >= 0.6 is 0 Å². The largest absolute Gasteiger partial charge is 0.342 e. The van der Waals surface area contributed by atoms with Crippen LogP contribution in [0.5, 0.6) is 0 Å². The average Bonchev–Trinajstić information content (AvgIpc) is 3.18. The molecule has 0 N–H and O–H groups in total. The van der Waals surface area contributed by atoms with Gasteiger partial charge in [-0.3, -0.25) is 4.79 Å². The summed E-state index contributed by atoms with van der Waals surface area (Å²) in [6.07, 6.45) is 7.00. The summed E-state index contributed by atoms with van der Waals surface area (Å²) in [5.41, 5.74) is 4.54. The highest BCUT2D eigenvalue weighted by Crippen LogP contribution is 2.29. The van der Waals surface area contributed by atoms with E-state index in [1.807, 2.05) is 23.1 Å². The van der Waals surface area contributed by atoms with Crippen LogP contribution in [-0.4, -0.2) is 59.9 Å². The Bertz CT molecular complexity index is 1000. The number of rotatable bonds is 4. The van der Waals surface area contributed by atoms with Crippen LogP contribution in [0.25, 0.3) is 0 Å². The molecule has 3 aliphatic rings. The molecule has 0 aliphatic carbocycles. The fourth-order valence-corrected chi connectivity index (χ4v) is 5.52. The van der Waals surface area contributed by atoms with Crippen LogP contribution in [0.3, 0.4) is 0 Å². The van der Waals surface area contributed by atoms with Gasteiger partial charge < -0.3 is 9.80 Å². The first kappa shape index (κ1) is 22.1. The zero-order valence-corrected chi connectivity index (χ0v) is 20.0. The fraction of sp³-hybridized carbons (Fsp3) is 0.500. The highest BCUT2D eigenvalue weighted by Gasteiger charge is 2.39. The lowest BCUT2D eigenvalue weighted by Crippen LogP contribution is -2.52. The summed E-state index contributed by atoms with van der Waals surface area (Å²) in [5, 5.41) is 0. The van der Waals surface area contributed by atoms with Crippen LogP contribution in [0, 0.1) is 13.8 Å². The Hall–Kier alpha value is -2.66. The van der Waals surface area contributed by atoms with Crippen molar-refractivity contribution in [3.05, 3.63) is 65.2 Å². The third kappa shape index (κ3) is 4.70. The van der Waals surface area contributed by atoms with Crippen LogP contribution < -0.4 is 4.90 Å². The van der Waals surface area contributed by atoms with E-state index < -0.39 is 0 Å². The zero-order chi connectivity index (χ0) is 22.8. The molecule has 5 nitrogen and oxygen atoms in total. The van der Waals surface area contributed by atoms with Gasteiger partial charge in [0.25, 0.3) is 5.91 Å². The van der Waals surface area contributed by atoms with Gasteiger partial charge in [-0.15, -0.1) is 0 Å². The highest BCUT2D eigenvalue weighted by molar-refractivity contribution is 6.22. The van der Waals surface area contributed by atoms with E-state index in [-0.39, 0.29) is 11.9 Å². The van der Waals surface area contributed by atoms with Crippen molar-refractivity contribution in [2.75, 3.05) is 31.1 Å². The van der Waals surface area contributed by atoms with Crippen molar-refractivity contribution in [2.45, 2.75) is 64.5 Å². The van der Waals surface area contributed by atoms with E-state index in [1.165, 1.54) is 43.5 Å². The van der Waals surface area contributed by atoms with Gasteiger partial charge in [-0.2, -0.15) is 0 Å². The molecular formula is C28H36N4O. The standard InChI is InChI=1S/C28H36N4O/c1-21-11-12-25(19-22(21)2)32-27(33)26(20-23-9-5-3-6-10-23)29-28(32)31-17-13-24(14-18-31)30-15-7-4-8-16-30/h3,5-6,9-12,19,24,26H,4,7-8,13-18,20H2,1-2H3. The van der Waals surface area contributed by atoms with Gasteiger partial charge in [0.05, 0.1) is 5.69 Å². The summed E-state index contributed by atoms with van der Waals surface area (Å²) in [7, 11) is 0. The number of piperidine rings is 2. The first-order valence-electron chi connectivity index (χ1n) is 12.6. The number of nitrogens with zero attached hydrogens (tertiary/aromatic N) is 4. The number of likely N-dealkylation sites (tertiary alicyclic amines) is 2. The topological polar surface area (TPSA) is 39.2 Å². The number of aryl methyl sites for hydroxylation is 2. The molecule has 3 heterocycles. The number of hydrogen-bond donors (Lipinski definition) is 0.